The molecule has 3 fully saturated rings. The lowest BCUT2D eigenvalue weighted by atomic mass is 9.77. The van der Waals surface area contributed by atoms with Crippen LogP contribution in [0.25, 0.3) is 0 Å². The minimum atomic E-state index is -0.808. The molecule has 2 saturated heterocycles. The van der Waals surface area contributed by atoms with Crippen molar-refractivity contribution in [3.63, 3.8) is 0 Å². The third-order valence-corrected chi connectivity index (χ3v) is 8.83. The fourth-order valence-corrected chi connectivity index (χ4v) is 6.42. The minimum Gasteiger partial charge on any atom is -0.390 e. The lowest BCUT2D eigenvalue weighted by molar-refractivity contribution is -0.167. The fourth-order valence-electron chi connectivity index (χ4n) is 6.42. The van der Waals surface area contributed by atoms with E-state index in [1.807, 2.05) is 11.0 Å². The lowest BCUT2D eigenvalue weighted by Gasteiger charge is -2.54. The first-order valence-corrected chi connectivity index (χ1v) is 13.4. The lowest BCUT2D eigenvalue weighted by Crippen LogP contribution is -2.75. The van der Waals surface area contributed by atoms with Crippen molar-refractivity contribution >= 4 is 24.2 Å². The molecule has 1 aromatic rings. The minimum absolute atomic E-state index is 0. The summed E-state index contributed by atoms with van der Waals surface area (Å²) < 4.78 is 0. The van der Waals surface area contributed by atoms with Gasteiger partial charge in [0.25, 0.3) is 0 Å². The molecule has 35 heavy (non-hydrogen) atoms. The third kappa shape index (κ3) is 5.40. The summed E-state index contributed by atoms with van der Waals surface area (Å²) in [5.74, 6) is -0.0549. The molecule has 2 atom stereocenters. The van der Waals surface area contributed by atoms with Crippen molar-refractivity contribution in [1.82, 2.24) is 15.1 Å². The van der Waals surface area contributed by atoms with Gasteiger partial charge in [-0.15, -0.1) is 12.4 Å². The molecule has 3 aliphatic rings. The second-order valence-electron chi connectivity index (χ2n) is 11.1. The molecule has 0 radical (unpaired) electrons. The summed E-state index contributed by atoms with van der Waals surface area (Å²) in [6.07, 6.45) is 7.52. The number of halogens is 1. The molecule has 1 spiro atoms. The number of hydrogen-bond donors (Lipinski definition) is 2. The highest BCUT2D eigenvalue weighted by Crippen LogP contribution is 2.39. The number of nitrogens with zero attached hydrogens (tertiary/aromatic N) is 2. The van der Waals surface area contributed by atoms with Crippen LogP contribution in [-0.2, 0) is 15.1 Å². The van der Waals surface area contributed by atoms with Crippen LogP contribution in [0.3, 0.4) is 0 Å². The number of unbranched alkanes of at least 4 members (excludes halogenated alkanes) is 1. The summed E-state index contributed by atoms with van der Waals surface area (Å²) in [7, 11) is 0. The van der Waals surface area contributed by atoms with Crippen molar-refractivity contribution in [3.05, 3.63) is 35.9 Å². The number of hydrogen-bond acceptors (Lipinski definition) is 4. The zero-order chi connectivity index (χ0) is 24.3. The van der Waals surface area contributed by atoms with E-state index >= 15 is 0 Å². The molecular formula is C28H44ClN3O3. The highest BCUT2D eigenvalue weighted by Gasteiger charge is 2.56. The van der Waals surface area contributed by atoms with Crippen LogP contribution in [-0.4, -0.2) is 64.0 Å². The number of nitrogens with one attached hydrogen (secondary N) is 1. The van der Waals surface area contributed by atoms with E-state index in [4.69, 9.17) is 0 Å². The summed E-state index contributed by atoms with van der Waals surface area (Å²) in [5.41, 5.74) is 0.304. The molecule has 4 rings (SSSR count). The predicted octanol–water partition coefficient (Wildman–Crippen LogP) is 4.25. The van der Waals surface area contributed by atoms with Crippen LogP contribution in [0.5, 0.6) is 0 Å². The molecule has 2 amide bonds. The standard InChI is InChI=1S/C28H43N3O3.ClH/c1-4-5-18-31-25(33)23(24(32)21-12-8-6-9-13-21)29-26(34)28(31)16-19-30(20-17-28)27(2,3)22-14-10-7-11-15-22;/h7,10-11,14-15,21,23-24,32H,4-6,8-9,12-13,16-20H2,1-3H3,(H,29,34);1H/t23-,24-;/m1./s1. The summed E-state index contributed by atoms with van der Waals surface area (Å²) >= 11 is 0. The Morgan fingerprint density at radius 2 is 1.71 bits per heavy atom. The quantitative estimate of drug-likeness (QED) is 0.581. The summed E-state index contributed by atoms with van der Waals surface area (Å²) in [6.45, 7) is 8.66. The highest BCUT2D eigenvalue weighted by molar-refractivity contribution is 6.00. The summed E-state index contributed by atoms with van der Waals surface area (Å²) in [4.78, 5) is 31.7. The normalized spacial score (nSPS) is 24.7. The monoisotopic (exact) mass is 505 g/mol. The Hall–Kier alpha value is -1.63. The van der Waals surface area contributed by atoms with Crippen molar-refractivity contribution in [2.45, 2.75) is 102 Å². The predicted molar refractivity (Wildman–Crippen MR) is 141 cm³/mol. The first-order valence-electron chi connectivity index (χ1n) is 13.4. The topological polar surface area (TPSA) is 72.9 Å². The van der Waals surface area contributed by atoms with Crippen molar-refractivity contribution in [1.29, 1.82) is 0 Å². The van der Waals surface area contributed by atoms with Gasteiger partial charge in [0.05, 0.1) is 6.10 Å². The molecule has 6 nitrogen and oxygen atoms in total. The average molecular weight is 506 g/mol. The van der Waals surface area contributed by atoms with Crippen LogP contribution in [0, 0.1) is 5.92 Å². The van der Waals surface area contributed by atoms with Gasteiger partial charge in [0.1, 0.15) is 11.6 Å². The third-order valence-electron chi connectivity index (χ3n) is 8.83. The number of aliphatic hydroxyl groups excluding tert-OH is 1. The molecule has 196 valence electrons. The van der Waals surface area contributed by atoms with Gasteiger partial charge in [0, 0.05) is 25.2 Å². The number of rotatable bonds is 7. The number of benzene rings is 1. The number of piperazine rings is 1. The number of piperidine rings is 1. The van der Waals surface area contributed by atoms with E-state index in [9.17, 15) is 14.7 Å². The molecule has 1 aromatic carbocycles. The van der Waals surface area contributed by atoms with Crippen molar-refractivity contribution < 1.29 is 14.7 Å². The molecule has 0 aromatic heterocycles. The number of carbonyl (C=O) groups is 2. The Morgan fingerprint density at radius 3 is 2.31 bits per heavy atom. The van der Waals surface area contributed by atoms with Gasteiger partial charge >= 0.3 is 0 Å². The van der Waals surface area contributed by atoms with Gasteiger partial charge in [0.2, 0.25) is 11.8 Å². The smallest absolute Gasteiger partial charge is 0.248 e. The first kappa shape index (κ1) is 27.9. The zero-order valence-electron chi connectivity index (χ0n) is 21.7. The number of aliphatic hydroxyl groups is 1. The molecule has 7 heteroatoms. The number of carbonyl (C=O) groups excluding carboxylic acids is 2. The van der Waals surface area contributed by atoms with Crippen molar-refractivity contribution in [3.8, 4) is 0 Å². The van der Waals surface area contributed by atoms with Crippen LogP contribution in [0.2, 0.25) is 0 Å². The molecule has 2 N–H and O–H groups in total. The Balaban J connectivity index is 0.00000342. The van der Waals surface area contributed by atoms with E-state index in [1.165, 1.54) is 12.0 Å². The number of amides is 2. The number of likely N-dealkylation sites (tertiary alicyclic amines) is 1. The molecule has 1 saturated carbocycles. The van der Waals surface area contributed by atoms with Gasteiger partial charge in [0.15, 0.2) is 0 Å². The second-order valence-corrected chi connectivity index (χ2v) is 11.1. The molecule has 2 heterocycles. The van der Waals surface area contributed by atoms with E-state index in [2.05, 4.69) is 55.3 Å². The van der Waals surface area contributed by atoms with E-state index in [1.54, 1.807) is 0 Å². The fraction of sp³-hybridized carbons (Fsp3) is 0.714. The molecular weight excluding hydrogens is 462 g/mol. The van der Waals surface area contributed by atoms with Crippen molar-refractivity contribution in [2.75, 3.05) is 19.6 Å². The maximum atomic E-state index is 13.8. The molecule has 1 aliphatic carbocycles. The van der Waals surface area contributed by atoms with Crippen LogP contribution in [0.15, 0.2) is 30.3 Å². The van der Waals surface area contributed by atoms with Gasteiger partial charge in [-0.1, -0.05) is 62.9 Å². The van der Waals surface area contributed by atoms with E-state index in [-0.39, 0.29) is 35.7 Å². The largest absolute Gasteiger partial charge is 0.390 e. The maximum Gasteiger partial charge on any atom is 0.248 e. The molecule has 0 bridgehead atoms. The van der Waals surface area contributed by atoms with Gasteiger partial charge in [-0.05, 0) is 57.4 Å². The van der Waals surface area contributed by atoms with Crippen LogP contribution >= 0.6 is 12.4 Å². The van der Waals surface area contributed by atoms with Crippen LogP contribution in [0.4, 0.5) is 0 Å². The summed E-state index contributed by atoms with van der Waals surface area (Å²) in [6, 6.07) is 9.68. The van der Waals surface area contributed by atoms with E-state index in [0.29, 0.717) is 19.4 Å². The maximum absolute atomic E-state index is 13.8. The zero-order valence-corrected chi connectivity index (χ0v) is 22.5. The Kier molecular flexibility index (Phi) is 9.27. The first-order chi connectivity index (χ1) is 16.3. The van der Waals surface area contributed by atoms with Crippen LogP contribution < -0.4 is 5.32 Å². The van der Waals surface area contributed by atoms with Gasteiger partial charge in [-0.2, -0.15) is 0 Å². The highest BCUT2D eigenvalue weighted by atomic mass is 35.5. The van der Waals surface area contributed by atoms with Gasteiger partial charge in [-0.3, -0.25) is 14.5 Å². The Labute approximate surface area is 217 Å². The Morgan fingerprint density at radius 1 is 1.09 bits per heavy atom. The van der Waals surface area contributed by atoms with Crippen molar-refractivity contribution in [2.24, 2.45) is 5.92 Å². The van der Waals surface area contributed by atoms with E-state index < -0.39 is 17.7 Å². The van der Waals surface area contributed by atoms with E-state index in [0.717, 1.165) is 51.6 Å². The van der Waals surface area contributed by atoms with Gasteiger partial charge < -0.3 is 15.3 Å². The second kappa shape index (κ2) is 11.6. The summed E-state index contributed by atoms with van der Waals surface area (Å²) in [5, 5.41) is 14.1. The Bertz CT molecular complexity index is 848. The SMILES string of the molecule is CCCCN1C(=O)[C@@H]([C@H](O)C2CCCCC2)NC(=O)C12CCN(C(C)(C)c1ccccc1)CC2.Cl. The molecule has 0 unspecified atom stereocenters. The average Bonchev–Trinajstić information content (AvgIpc) is 2.87. The molecule has 2 aliphatic heterocycles. The van der Waals surface area contributed by atoms with Crippen LogP contribution in [0.1, 0.15) is 84.1 Å². The van der Waals surface area contributed by atoms with Gasteiger partial charge in [-0.25, -0.2) is 0 Å².